The molecule has 0 aliphatic heterocycles. The predicted molar refractivity (Wildman–Crippen MR) is 70.7 cm³/mol. The summed E-state index contributed by atoms with van der Waals surface area (Å²) < 4.78 is 10.7. The fraction of sp³-hybridized carbons (Fsp3) is 0.538. The van der Waals surface area contributed by atoms with Crippen molar-refractivity contribution in [2.45, 2.75) is 25.8 Å². The van der Waals surface area contributed by atoms with Crippen LogP contribution >= 0.6 is 11.6 Å². The lowest BCUT2D eigenvalue weighted by Crippen LogP contribution is -2.14. The van der Waals surface area contributed by atoms with Gasteiger partial charge in [0, 0.05) is 29.8 Å². The van der Waals surface area contributed by atoms with Gasteiger partial charge in [-0.15, -0.1) is 0 Å². The van der Waals surface area contributed by atoms with Crippen molar-refractivity contribution in [3.05, 3.63) is 28.8 Å². The van der Waals surface area contributed by atoms with Crippen molar-refractivity contribution in [2.75, 3.05) is 20.3 Å². The minimum Gasteiger partial charge on any atom is -0.496 e. The van der Waals surface area contributed by atoms with Crippen LogP contribution in [0.25, 0.3) is 0 Å². The van der Waals surface area contributed by atoms with Gasteiger partial charge in [-0.1, -0.05) is 18.5 Å². The van der Waals surface area contributed by atoms with E-state index in [0.717, 1.165) is 30.8 Å². The topological polar surface area (TPSA) is 44.5 Å². The molecule has 96 valence electrons. The molecule has 17 heavy (non-hydrogen) atoms. The number of rotatable bonds is 7. The van der Waals surface area contributed by atoms with E-state index in [4.69, 9.17) is 26.8 Å². The van der Waals surface area contributed by atoms with Crippen molar-refractivity contribution in [3.63, 3.8) is 0 Å². The molecule has 0 aliphatic rings. The van der Waals surface area contributed by atoms with Gasteiger partial charge >= 0.3 is 0 Å². The van der Waals surface area contributed by atoms with Gasteiger partial charge in [0.1, 0.15) is 5.75 Å². The average Bonchev–Trinajstić information content (AvgIpc) is 2.34. The Morgan fingerprint density at radius 1 is 1.35 bits per heavy atom. The molecule has 0 aliphatic carbocycles. The zero-order valence-electron chi connectivity index (χ0n) is 10.4. The lowest BCUT2D eigenvalue weighted by atomic mass is 10.0. The SMILES string of the molecule is CCCOCCC(N)c1cc(Cl)ccc1OC. The standard InChI is InChI=1S/C13H20ClNO2/c1-3-7-17-8-6-12(15)11-9-10(14)4-5-13(11)16-2/h4-5,9,12H,3,6-8,15H2,1-2H3. The number of nitrogens with two attached hydrogens (primary N) is 1. The summed E-state index contributed by atoms with van der Waals surface area (Å²) in [6.45, 7) is 3.52. The van der Waals surface area contributed by atoms with Gasteiger partial charge in [-0.05, 0) is 31.0 Å². The van der Waals surface area contributed by atoms with E-state index in [-0.39, 0.29) is 6.04 Å². The number of hydrogen-bond acceptors (Lipinski definition) is 3. The first kappa shape index (κ1) is 14.3. The molecule has 3 nitrogen and oxygen atoms in total. The third-order valence-electron chi connectivity index (χ3n) is 2.51. The van der Waals surface area contributed by atoms with Crippen LogP contribution in [0.5, 0.6) is 5.75 Å². The van der Waals surface area contributed by atoms with Gasteiger partial charge < -0.3 is 15.2 Å². The van der Waals surface area contributed by atoms with E-state index in [2.05, 4.69) is 6.92 Å². The normalized spacial score (nSPS) is 12.5. The van der Waals surface area contributed by atoms with Gasteiger partial charge in [-0.3, -0.25) is 0 Å². The Balaban J connectivity index is 2.60. The number of halogens is 1. The van der Waals surface area contributed by atoms with E-state index < -0.39 is 0 Å². The van der Waals surface area contributed by atoms with Gasteiger partial charge in [-0.2, -0.15) is 0 Å². The minimum absolute atomic E-state index is 0.111. The first-order chi connectivity index (χ1) is 8.19. The van der Waals surface area contributed by atoms with Crippen LogP contribution in [0, 0.1) is 0 Å². The monoisotopic (exact) mass is 257 g/mol. The molecule has 0 saturated carbocycles. The summed E-state index contributed by atoms with van der Waals surface area (Å²) in [6, 6.07) is 5.37. The highest BCUT2D eigenvalue weighted by Gasteiger charge is 2.12. The Morgan fingerprint density at radius 2 is 2.12 bits per heavy atom. The number of ether oxygens (including phenoxy) is 2. The Labute approximate surface area is 108 Å². The predicted octanol–water partition coefficient (Wildman–Crippen LogP) is 3.17. The van der Waals surface area contributed by atoms with Crippen LogP contribution in [0.1, 0.15) is 31.4 Å². The van der Waals surface area contributed by atoms with Gasteiger partial charge in [0.05, 0.1) is 7.11 Å². The molecule has 1 aromatic carbocycles. The number of benzene rings is 1. The van der Waals surface area contributed by atoms with Crippen LogP contribution in [-0.4, -0.2) is 20.3 Å². The molecule has 1 aromatic rings. The molecule has 0 fully saturated rings. The van der Waals surface area contributed by atoms with Crippen molar-refractivity contribution in [1.29, 1.82) is 0 Å². The molecule has 2 N–H and O–H groups in total. The van der Waals surface area contributed by atoms with Crippen molar-refractivity contribution < 1.29 is 9.47 Å². The van der Waals surface area contributed by atoms with Gasteiger partial charge in [0.25, 0.3) is 0 Å². The van der Waals surface area contributed by atoms with Crippen LogP contribution in [0.3, 0.4) is 0 Å². The lowest BCUT2D eigenvalue weighted by Gasteiger charge is -2.16. The van der Waals surface area contributed by atoms with E-state index in [1.165, 1.54) is 0 Å². The Hall–Kier alpha value is -0.770. The molecule has 4 heteroatoms. The van der Waals surface area contributed by atoms with E-state index in [9.17, 15) is 0 Å². The molecule has 0 spiro atoms. The van der Waals surface area contributed by atoms with Crippen LogP contribution in [0.4, 0.5) is 0 Å². The van der Waals surface area contributed by atoms with E-state index in [1.807, 2.05) is 12.1 Å². The van der Waals surface area contributed by atoms with E-state index in [1.54, 1.807) is 13.2 Å². The van der Waals surface area contributed by atoms with Crippen LogP contribution < -0.4 is 10.5 Å². The molecule has 1 rings (SSSR count). The zero-order valence-corrected chi connectivity index (χ0v) is 11.2. The largest absolute Gasteiger partial charge is 0.496 e. The van der Waals surface area contributed by atoms with Crippen molar-refractivity contribution >= 4 is 11.6 Å². The van der Waals surface area contributed by atoms with Crippen molar-refractivity contribution in [3.8, 4) is 5.75 Å². The highest BCUT2D eigenvalue weighted by atomic mass is 35.5. The van der Waals surface area contributed by atoms with Crippen LogP contribution in [-0.2, 0) is 4.74 Å². The summed E-state index contributed by atoms with van der Waals surface area (Å²) in [7, 11) is 1.63. The van der Waals surface area contributed by atoms with Crippen LogP contribution in [0.15, 0.2) is 18.2 Å². The fourth-order valence-corrected chi connectivity index (χ4v) is 1.79. The molecule has 1 unspecified atom stereocenters. The number of methoxy groups -OCH3 is 1. The van der Waals surface area contributed by atoms with Gasteiger partial charge in [-0.25, -0.2) is 0 Å². The third kappa shape index (κ3) is 4.54. The molecule has 0 radical (unpaired) electrons. The molecule has 1 atom stereocenters. The first-order valence-electron chi connectivity index (χ1n) is 5.85. The summed E-state index contributed by atoms with van der Waals surface area (Å²) in [6.07, 6.45) is 1.78. The summed E-state index contributed by atoms with van der Waals surface area (Å²) in [5.74, 6) is 0.775. The maximum Gasteiger partial charge on any atom is 0.123 e. The summed E-state index contributed by atoms with van der Waals surface area (Å²) in [4.78, 5) is 0. The molecular weight excluding hydrogens is 238 g/mol. The Morgan fingerprint density at radius 3 is 2.76 bits per heavy atom. The van der Waals surface area contributed by atoms with E-state index in [0.29, 0.717) is 11.6 Å². The minimum atomic E-state index is -0.111. The summed E-state index contributed by atoms with van der Waals surface area (Å²) >= 11 is 5.96. The van der Waals surface area contributed by atoms with Crippen molar-refractivity contribution in [2.24, 2.45) is 5.73 Å². The summed E-state index contributed by atoms with van der Waals surface area (Å²) in [5, 5.41) is 0.672. The first-order valence-corrected chi connectivity index (χ1v) is 6.23. The van der Waals surface area contributed by atoms with Crippen molar-refractivity contribution in [1.82, 2.24) is 0 Å². The maximum absolute atomic E-state index is 6.10. The van der Waals surface area contributed by atoms with Crippen LogP contribution in [0.2, 0.25) is 5.02 Å². The highest BCUT2D eigenvalue weighted by molar-refractivity contribution is 6.30. The second-order valence-corrected chi connectivity index (χ2v) is 4.33. The maximum atomic E-state index is 6.10. The molecular formula is C13H20ClNO2. The quantitative estimate of drug-likeness (QED) is 0.763. The molecule has 0 saturated heterocycles. The average molecular weight is 258 g/mol. The molecule has 0 heterocycles. The number of hydrogen-bond donors (Lipinski definition) is 1. The fourth-order valence-electron chi connectivity index (χ4n) is 1.61. The third-order valence-corrected chi connectivity index (χ3v) is 2.75. The smallest absolute Gasteiger partial charge is 0.123 e. The molecule has 0 bridgehead atoms. The second-order valence-electron chi connectivity index (χ2n) is 3.89. The second kappa shape index (κ2) is 7.54. The Bertz CT molecular complexity index is 344. The lowest BCUT2D eigenvalue weighted by molar-refractivity contribution is 0.127. The van der Waals surface area contributed by atoms with E-state index >= 15 is 0 Å². The highest BCUT2D eigenvalue weighted by Crippen LogP contribution is 2.28. The summed E-state index contributed by atoms with van der Waals surface area (Å²) in [5.41, 5.74) is 7.03. The van der Waals surface area contributed by atoms with Gasteiger partial charge in [0.15, 0.2) is 0 Å². The zero-order chi connectivity index (χ0) is 12.7. The van der Waals surface area contributed by atoms with Gasteiger partial charge in [0.2, 0.25) is 0 Å². The molecule has 0 aromatic heterocycles. The molecule has 0 amide bonds. The Kier molecular flexibility index (Phi) is 6.34.